The summed E-state index contributed by atoms with van der Waals surface area (Å²) in [6.07, 6.45) is 4.94. The Bertz CT molecular complexity index is 441. The second kappa shape index (κ2) is 5.55. The highest BCUT2D eigenvalue weighted by Crippen LogP contribution is 2.36. The van der Waals surface area contributed by atoms with Gasteiger partial charge < -0.3 is 10.6 Å². The summed E-state index contributed by atoms with van der Waals surface area (Å²) < 4.78 is 0. The minimum Gasteiger partial charge on any atom is -0.365 e. The molecule has 19 heavy (non-hydrogen) atoms. The van der Waals surface area contributed by atoms with E-state index in [-0.39, 0.29) is 11.3 Å². The van der Waals surface area contributed by atoms with E-state index in [1.54, 1.807) is 13.1 Å². The molecule has 2 N–H and O–H groups in total. The highest BCUT2D eigenvalue weighted by molar-refractivity contribution is 5.91. The Morgan fingerprint density at radius 2 is 2.11 bits per heavy atom. The van der Waals surface area contributed by atoms with Gasteiger partial charge >= 0.3 is 0 Å². The van der Waals surface area contributed by atoms with E-state index in [2.05, 4.69) is 34.7 Å². The lowest BCUT2D eigenvalue weighted by atomic mass is 9.73. The number of carbonyl (C=O) groups excluding carboxylic acids is 1. The number of aromatic nitrogens is 2. The lowest BCUT2D eigenvalue weighted by Crippen LogP contribution is -2.39. The molecular weight excluding hydrogens is 240 g/mol. The summed E-state index contributed by atoms with van der Waals surface area (Å²) in [5.74, 6) is 0.532. The Labute approximate surface area is 114 Å². The summed E-state index contributed by atoms with van der Waals surface area (Å²) in [4.78, 5) is 11.4. The molecule has 0 spiro atoms. The lowest BCUT2D eigenvalue weighted by molar-refractivity contribution is 0.0957. The Morgan fingerprint density at radius 1 is 1.32 bits per heavy atom. The normalized spacial score (nSPS) is 21.7. The number of hydrogen-bond donors (Lipinski definition) is 2. The molecule has 0 radical (unpaired) electrons. The third-order valence-corrected chi connectivity index (χ3v) is 3.95. The highest BCUT2D eigenvalue weighted by Gasteiger charge is 2.32. The predicted octanol–water partition coefficient (Wildman–Crippen LogP) is 2.22. The van der Waals surface area contributed by atoms with Gasteiger partial charge in [0, 0.05) is 13.1 Å². The molecule has 5 heteroatoms. The summed E-state index contributed by atoms with van der Waals surface area (Å²) >= 11 is 0. The molecule has 5 nitrogen and oxygen atoms in total. The summed E-state index contributed by atoms with van der Waals surface area (Å²) in [6.45, 7) is 4.58. The van der Waals surface area contributed by atoms with Crippen LogP contribution in [0.15, 0.2) is 12.1 Å². The fourth-order valence-electron chi connectivity index (χ4n) is 2.60. The first kappa shape index (κ1) is 13.8. The molecule has 104 valence electrons. The van der Waals surface area contributed by atoms with E-state index in [1.807, 2.05) is 6.07 Å². The van der Waals surface area contributed by atoms with Crippen LogP contribution in [0.3, 0.4) is 0 Å². The van der Waals surface area contributed by atoms with Crippen LogP contribution in [0.5, 0.6) is 0 Å². The third kappa shape index (κ3) is 3.22. The highest BCUT2D eigenvalue weighted by atomic mass is 16.1. The standard InChI is InChI=1S/C14H22N4O/c1-14(2)9-5-4-6-11(14)16-12-8-7-10(17-18-12)13(19)15-3/h7-8,11H,4-6,9H2,1-3H3,(H,15,19)(H,16,18). The number of amides is 1. The van der Waals surface area contributed by atoms with Crippen LogP contribution in [0.2, 0.25) is 0 Å². The van der Waals surface area contributed by atoms with Crippen LogP contribution >= 0.6 is 0 Å². The maximum atomic E-state index is 11.4. The molecule has 2 rings (SSSR count). The number of anilines is 1. The molecule has 1 amide bonds. The maximum Gasteiger partial charge on any atom is 0.271 e. The van der Waals surface area contributed by atoms with E-state index in [9.17, 15) is 4.79 Å². The number of nitrogens with zero attached hydrogens (tertiary/aromatic N) is 2. The van der Waals surface area contributed by atoms with Crippen molar-refractivity contribution in [3.8, 4) is 0 Å². The first-order valence-corrected chi connectivity index (χ1v) is 6.85. The topological polar surface area (TPSA) is 66.9 Å². The van der Waals surface area contributed by atoms with Crippen molar-refractivity contribution in [2.75, 3.05) is 12.4 Å². The molecule has 1 unspecified atom stereocenters. The predicted molar refractivity (Wildman–Crippen MR) is 75.1 cm³/mol. The number of carbonyl (C=O) groups is 1. The summed E-state index contributed by atoms with van der Waals surface area (Å²) in [6, 6.07) is 3.94. The van der Waals surface area contributed by atoms with Crippen LogP contribution in [-0.4, -0.2) is 29.2 Å². The first-order chi connectivity index (χ1) is 9.03. The van der Waals surface area contributed by atoms with Crippen molar-refractivity contribution in [1.29, 1.82) is 0 Å². The minimum absolute atomic E-state index is 0.211. The molecular formula is C14H22N4O. The summed E-state index contributed by atoms with van der Waals surface area (Å²) in [7, 11) is 1.58. The van der Waals surface area contributed by atoms with Gasteiger partial charge in [-0.3, -0.25) is 4.79 Å². The van der Waals surface area contributed by atoms with Gasteiger partial charge in [0.25, 0.3) is 5.91 Å². The third-order valence-electron chi connectivity index (χ3n) is 3.95. The van der Waals surface area contributed by atoms with Gasteiger partial charge in [0.05, 0.1) is 0 Å². The molecule has 0 aliphatic heterocycles. The zero-order valence-electron chi connectivity index (χ0n) is 11.9. The molecule has 0 saturated heterocycles. The van der Waals surface area contributed by atoms with Crippen molar-refractivity contribution in [1.82, 2.24) is 15.5 Å². The van der Waals surface area contributed by atoms with E-state index in [1.165, 1.54) is 19.3 Å². The van der Waals surface area contributed by atoms with Gasteiger partial charge in [-0.05, 0) is 30.4 Å². The van der Waals surface area contributed by atoms with E-state index in [0.29, 0.717) is 11.7 Å². The molecule has 0 bridgehead atoms. The van der Waals surface area contributed by atoms with Crippen molar-refractivity contribution in [3.05, 3.63) is 17.8 Å². The van der Waals surface area contributed by atoms with Crippen LogP contribution in [0.4, 0.5) is 5.82 Å². The molecule has 1 aromatic heterocycles. The lowest BCUT2D eigenvalue weighted by Gasteiger charge is -2.39. The number of nitrogens with one attached hydrogen (secondary N) is 2. The van der Waals surface area contributed by atoms with Gasteiger partial charge in [-0.2, -0.15) is 0 Å². The van der Waals surface area contributed by atoms with Crippen LogP contribution in [0.25, 0.3) is 0 Å². The first-order valence-electron chi connectivity index (χ1n) is 6.85. The fourth-order valence-corrected chi connectivity index (χ4v) is 2.60. The zero-order chi connectivity index (χ0) is 13.9. The maximum absolute atomic E-state index is 11.4. The van der Waals surface area contributed by atoms with E-state index < -0.39 is 0 Å². The molecule has 1 aromatic rings. The van der Waals surface area contributed by atoms with Gasteiger partial charge in [-0.1, -0.05) is 26.7 Å². The second-order valence-corrected chi connectivity index (χ2v) is 5.81. The SMILES string of the molecule is CNC(=O)c1ccc(NC2CCCCC2(C)C)nn1. The number of rotatable bonds is 3. The largest absolute Gasteiger partial charge is 0.365 e. The van der Waals surface area contributed by atoms with E-state index in [4.69, 9.17) is 0 Å². The molecule has 1 saturated carbocycles. The van der Waals surface area contributed by atoms with E-state index >= 15 is 0 Å². The van der Waals surface area contributed by atoms with Crippen molar-refractivity contribution in [2.24, 2.45) is 5.41 Å². The molecule has 1 aliphatic rings. The van der Waals surface area contributed by atoms with Crippen LogP contribution < -0.4 is 10.6 Å². The molecule has 1 heterocycles. The second-order valence-electron chi connectivity index (χ2n) is 5.81. The molecule has 1 aliphatic carbocycles. The Balaban J connectivity index is 2.05. The average Bonchev–Trinajstić information content (AvgIpc) is 2.41. The molecule has 1 atom stereocenters. The fraction of sp³-hybridized carbons (Fsp3) is 0.643. The minimum atomic E-state index is -0.211. The van der Waals surface area contributed by atoms with Crippen LogP contribution in [0.1, 0.15) is 50.0 Å². The van der Waals surface area contributed by atoms with Crippen LogP contribution in [-0.2, 0) is 0 Å². The van der Waals surface area contributed by atoms with Gasteiger partial charge in [0.15, 0.2) is 5.69 Å². The van der Waals surface area contributed by atoms with Gasteiger partial charge in [0.1, 0.15) is 5.82 Å². The van der Waals surface area contributed by atoms with Crippen LogP contribution in [0, 0.1) is 5.41 Å². The van der Waals surface area contributed by atoms with Gasteiger partial charge in [-0.15, -0.1) is 10.2 Å². The molecule has 1 fully saturated rings. The van der Waals surface area contributed by atoms with Crippen molar-refractivity contribution in [2.45, 2.75) is 45.6 Å². The Morgan fingerprint density at radius 3 is 2.68 bits per heavy atom. The summed E-state index contributed by atoms with van der Waals surface area (Å²) in [5.41, 5.74) is 0.621. The zero-order valence-corrected chi connectivity index (χ0v) is 11.9. The van der Waals surface area contributed by atoms with Crippen molar-refractivity contribution >= 4 is 11.7 Å². The summed E-state index contributed by atoms with van der Waals surface area (Å²) in [5, 5.41) is 14.0. The van der Waals surface area contributed by atoms with Gasteiger partial charge in [-0.25, -0.2) is 0 Å². The van der Waals surface area contributed by atoms with Crippen molar-refractivity contribution < 1.29 is 4.79 Å². The smallest absolute Gasteiger partial charge is 0.271 e. The number of hydrogen-bond acceptors (Lipinski definition) is 4. The van der Waals surface area contributed by atoms with E-state index in [0.717, 1.165) is 12.2 Å². The Kier molecular flexibility index (Phi) is 4.02. The molecule has 0 aromatic carbocycles. The van der Waals surface area contributed by atoms with Crippen molar-refractivity contribution in [3.63, 3.8) is 0 Å². The monoisotopic (exact) mass is 262 g/mol. The average molecular weight is 262 g/mol. The Hall–Kier alpha value is -1.65. The quantitative estimate of drug-likeness (QED) is 0.876. The van der Waals surface area contributed by atoms with Gasteiger partial charge in [0.2, 0.25) is 0 Å².